The Hall–Kier alpha value is -5.60. The molecule has 5 nitrogen and oxygen atoms in total. The van der Waals surface area contributed by atoms with Crippen molar-refractivity contribution in [1.29, 1.82) is 5.26 Å². The maximum absolute atomic E-state index is 10.3. The number of fused-ring (bicyclic) bond motifs is 3. The Morgan fingerprint density at radius 1 is 0.842 bits per heavy atom. The number of furan rings is 1. The van der Waals surface area contributed by atoms with E-state index < -0.39 is 13.8 Å². The zero-order valence-corrected chi connectivity index (χ0v) is 35.5. The van der Waals surface area contributed by atoms with E-state index in [1.807, 2.05) is 78.9 Å². The average molecular weight is 931 g/mol. The number of rotatable bonds is 6. The van der Waals surface area contributed by atoms with Gasteiger partial charge in [0.1, 0.15) is 17.2 Å². The van der Waals surface area contributed by atoms with Crippen molar-refractivity contribution in [2.45, 2.75) is 72.6 Å². The van der Waals surface area contributed by atoms with Gasteiger partial charge in [0.2, 0.25) is 6.33 Å². The minimum atomic E-state index is -2.38. The summed E-state index contributed by atoms with van der Waals surface area (Å²) < 4.78 is 56.3. The van der Waals surface area contributed by atoms with Crippen LogP contribution in [0.3, 0.4) is 0 Å². The van der Waals surface area contributed by atoms with Crippen LogP contribution in [-0.2, 0) is 32.5 Å². The fourth-order valence-corrected chi connectivity index (χ4v) is 7.09. The molecule has 0 fully saturated rings. The molecule has 3 heterocycles. The molecule has 0 bridgehead atoms. The van der Waals surface area contributed by atoms with E-state index in [4.69, 9.17) is 17.6 Å². The molecule has 286 valence electrons. The Balaban J connectivity index is 0.000000348. The quantitative estimate of drug-likeness (QED) is 0.123. The molecular formula is C51H48IrN4O+. The van der Waals surface area contributed by atoms with Crippen molar-refractivity contribution >= 4 is 21.9 Å². The topological polar surface area (TPSA) is 58.6 Å². The first-order chi connectivity index (χ1) is 29.3. The summed E-state index contributed by atoms with van der Waals surface area (Å²) >= 11 is 0. The van der Waals surface area contributed by atoms with Gasteiger partial charge in [-0.25, -0.2) is 0 Å². The van der Waals surface area contributed by atoms with Crippen molar-refractivity contribution in [3.8, 4) is 45.3 Å². The third kappa shape index (κ3) is 8.28. The number of aryl methyl sites for hydroxylation is 2. The Bertz CT molecular complexity index is 2910. The van der Waals surface area contributed by atoms with E-state index in [-0.39, 0.29) is 42.9 Å². The van der Waals surface area contributed by atoms with Crippen molar-refractivity contribution in [3.05, 3.63) is 162 Å². The summed E-state index contributed by atoms with van der Waals surface area (Å²) in [7, 11) is 0. The largest absolute Gasteiger partial charge is 3.00 e. The smallest absolute Gasteiger partial charge is 0.499 e. The van der Waals surface area contributed by atoms with Crippen LogP contribution in [0.4, 0.5) is 0 Å². The molecule has 0 aliphatic heterocycles. The van der Waals surface area contributed by atoms with E-state index in [2.05, 4.69) is 85.1 Å². The Kier molecular flexibility index (Phi) is 9.92. The predicted octanol–water partition coefficient (Wildman–Crippen LogP) is 12.4. The van der Waals surface area contributed by atoms with E-state index in [1.54, 1.807) is 16.8 Å². The summed E-state index contributed by atoms with van der Waals surface area (Å²) in [5, 5.41) is 12.0. The number of benzene rings is 5. The van der Waals surface area contributed by atoms with Gasteiger partial charge in [0.25, 0.3) is 0 Å². The van der Waals surface area contributed by atoms with Gasteiger partial charge in [0, 0.05) is 33.7 Å². The number of aromatic nitrogens is 3. The number of imidazole rings is 1. The molecule has 0 amide bonds. The summed E-state index contributed by atoms with van der Waals surface area (Å²) in [4.78, 5) is 4.72. The van der Waals surface area contributed by atoms with Crippen LogP contribution in [0.2, 0.25) is 0 Å². The average Bonchev–Trinajstić information content (AvgIpc) is 3.89. The van der Waals surface area contributed by atoms with Gasteiger partial charge in [-0.1, -0.05) is 126 Å². The first-order valence-corrected chi connectivity index (χ1v) is 18.8. The molecule has 0 saturated carbocycles. The van der Waals surface area contributed by atoms with E-state index in [1.165, 1.54) is 18.0 Å². The maximum atomic E-state index is 10.3. The molecule has 57 heavy (non-hydrogen) atoms. The molecule has 5 aromatic carbocycles. The van der Waals surface area contributed by atoms with E-state index in [9.17, 15) is 5.26 Å². The van der Waals surface area contributed by atoms with Gasteiger partial charge in [-0.05, 0) is 68.7 Å². The van der Waals surface area contributed by atoms with Gasteiger partial charge in [-0.3, -0.25) is 0 Å². The molecule has 3 aromatic heterocycles. The van der Waals surface area contributed by atoms with Gasteiger partial charge < -0.3 is 18.5 Å². The van der Waals surface area contributed by atoms with Crippen LogP contribution in [0.5, 0.6) is 0 Å². The van der Waals surface area contributed by atoms with Gasteiger partial charge in [-0.2, -0.15) is 35.6 Å². The first-order valence-electron chi connectivity index (χ1n) is 21.8. The number of hydrogen-bond acceptors (Lipinski definition) is 3. The molecule has 0 spiro atoms. The van der Waals surface area contributed by atoms with Crippen molar-refractivity contribution < 1.29 is 37.3 Å². The fraction of sp³-hybridized carbons (Fsp3) is 0.235. The fourth-order valence-electron chi connectivity index (χ4n) is 7.09. The van der Waals surface area contributed by atoms with Crippen molar-refractivity contribution in [2.24, 2.45) is 6.98 Å². The zero-order valence-electron chi connectivity index (χ0n) is 39.2. The van der Waals surface area contributed by atoms with Crippen LogP contribution in [0.25, 0.3) is 61.1 Å². The number of nitriles is 1. The van der Waals surface area contributed by atoms with Crippen LogP contribution in [0.15, 0.2) is 120 Å². The minimum absolute atomic E-state index is 0. The molecule has 0 atom stereocenters. The van der Waals surface area contributed by atoms with Crippen molar-refractivity contribution in [2.75, 3.05) is 0 Å². The molecule has 8 rings (SSSR count). The van der Waals surface area contributed by atoms with Crippen molar-refractivity contribution in [3.63, 3.8) is 0 Å². The van der Waals surface area contributed by atoms with Gasteiger partial charge in [0.15, 0.2) is 0 Å². The monoisotopic (exact) mass is 931 g/mol. The number of hydrogen-bond donors (Lipinski definition) is 0. The van der Waals surface area contributed by atoms with E-state index >= 15 is 0 Å². The van der Waals surface area contributed by atoms with Gasteiger partial charge >= 0.3 is 20.1 Å². The van der Waals surface area contributed by atoms with Crippen molar-refractivity contribution in [1.82, 2.24) is 9.55 Å². The third-order valence-corrected chi connectivity index (χ3v) is 10.1. The molecule has 0 N–H and O–H groups in total. The summed E-state index contributed by atoms with van der Waals surface area (Å²) in [6.07, 6.45) is 7.31. The molecular weight excluding hydrogens is 877 g/mol. The summed E-state index contributed by atoms with van der Waals surface area (Å²) in [5.41, 5.74) is 10.4. The zero-order chi connectivity index (χ0) is 44.7. The maximum Gasteiger partial charge on any atom is 3.00 e. The molecule has 8 aromatic rings. The van der Waals surface area contributed by atoms with E-state index in [0.717, 1.165) is 48.8 Å². The number of para-hydroxylation sites is 1. The standard InChI is InChI=1S/C41H39N2O.C10H9N2.Ir/c1-24(2)33-19-28(41(6,7)8)20-34(25(3)4)38(33)35-21-37(43-23-26(35)5)32-16-12-15-30-31-18-17-29(27-13-10-9-11-14-27)36(22-42)40(31)44-39(30)32;1-11-7-8-12(9-11)10-5-3-2-4-6-10;/h9-15,17-21,23-25H,1-8H3;2-5,7-8H,1H3;/q2*-1;+3/i5D3;1D3;. The van der Waals surface area contributed by atoms with Crippen LogP contribution < -0.4 is 4.57 Å². The number of nitrogens with zero attached hydrogens (tertiary/aromatic N) is 4. The third-order valence-electron chi connectivity index (χ3n) is 10.1. The molecule has 0 aliphatic rings. The molecule has 0 aliphatic carbocycles. The molecule has 0 saturated heterocycles. The van der Waals surface area contributed by atoms with E-state index in [0.29, 0.717) is 33.6 Å². The van der Waals surface area contributed by atoms with Crippen LogP contribution in [-0.4, -0.2) is 9.55 Å². The van der Waals surface area contributed by atoms with Crippen LogP contribution in [0.1, 0.15) is 96.3 Å². The Labute approximate surface area is 359 Å². The normalized spacial score (nSPS) is 13.4. The summed E-state index contributed by atoms with van der Waals surface area (Å²) in [6.45, 7) is 10.7. The van der Waals surface area contributed by atoms with Crippen LogP contribution >= 0.6 is 0 Å². The van der Waals surface area contributed by atoms with Gasteiger partial charge in [0.05, 0.1) is 16.7 Å². The SMILES string of the molecule is [2H]C([2H])([2H])[n+]1[c-]n(-c2[c-]cccc2)cc1.[2H]C([2H])([2H])c1cnc(-c2[c-]ccc3c2oc2c(C#N)c(-c4ccccc4)ccc23)cc1-c1c(C(C)C)cc(C(C)(C)C)cc1C(C)C.[Ir+3]. The Morgan fingerprint density at radius 2 is 1.56 bits per heavy atom. The summed E-state index contributed by atoms with van der Waals surface area (Å²) in [6, 6.07) is 39.9. The molecule has 6 heteroatoms. The van der Waals surface area contributed by atoms with Gasteiger partial charge in [-0.15, -0.1) is 18.2 Å². The molecule has 0 radical (unpaired) electrons. The minimum Gasteiger partial charge on any atom is -0.499 e. The second-order valence-electron chi connectivity index (χ2n) is 15.6. The first kappa shape index (κ1) is 33.5. The second-order valence-corrected chi connectivity index (χ2v) is 15.6. The predicted molar refractivity (Wildman–Crippen MR) is 228 cm³/mol. The second kappa shape index (κ2) is 16.9. The summed E-state index contributed by atoms with van der Waals surface area (Å²) in [5.74, 6) is 0.305. The van der Waals surface area contributed by atoms with Crippen LogP contribution in [0, 0.1) is 36.6 Å². The number of pyridine rings is 1. The Morgan fingerprint density at radius 3 is 2.18 bits per heavy atom. The molecule has 0 unspecified atom stereocenters.